The Morgan fingerprint density at radius 3 is 2.61 bits per heavy atom. The molecular weight excluding hydrogens is 298 g/mol. The van der Waals surface area contributed by atoms with Gasteiger partial charge in [-0.2, -0.15) is 0 Å². The Kier molecular flexibility index (Phi) is 7.30. The van der Waals surface area contributed by atoms with Gasteiger partial charge in [0.1, 0.15) is 6.61 Å². The predicted octanol–water partition coefficient (Wildman–Crippen LogP) is 2.06. The minimum absolute atomic E-state index is 0.0242. The number of hydrogen-bond donors (Lipinski definition) is 1. The lowest BCUT2D eigenvalue weighted by atomic mass is 9.89. The number of ether oxygens (including phenoxy) is 2. The molecule has 1 aliphatic heterocycles. The molecule has 132 valence electrons. The normalized spacial score (nSPS) is 26.0. The van der Waals surface area contributed by atoms with E-state index in [1.807, 2.05) is 0 Å². The third-order valence-electron chi connectivity index (χ3n) is 4.85. The fourth-order valence-electron chi connectivity index (χ4n) is 3.53. The summed E-state index contributed by atoms with van der Waals surface area (Å²) in [5.74, 6) is -0.310. The molecule has 1 saturated heterocycles. The molecular formula is C17H29NO5. The van der Waals surface area contributed by atoms with Crippen LogP contribution in [-0.2, 0) is 19.1 Å². The second kappa shape index (κ2) is 9.23. The minimum Gasteiger partial charge on any atom is -0.481 e. The summed E-state index contributed by atoms with van der Waals surface area (Å²) < 4.78 is 11.2. The van der Waals surface area contributed by atoms with Crippen LogP contribution in [0.25, 0.3) is 0 Å². The van der Waals surface area contributed by atoms with Crippen molar-refractivity contribution in [1.82, 2.24) is 4.90 Å². The van der Waals surface area contributed by atoms with Crippen LogP contribution in [0.4, 0.5) is 0 Å². The van der Waals surface area contributed by atoms with Crippen LogP contribution >= 0.6 is 0 Å². The molecule has 1 saturated carbocycles. The molecule has 2 aliphatic rings. The molecule has 1 N–H and O–H groups in total. The average molecular weight is 327 g/mol. The van der Waals surface area contributed by atoms with Crippen molar-refractivity contribution >= 4 is 11.9 Å². The summed E-state index contributed by atoms with van der Waals surface area (Å²) in [6.45, 7) is 3.79. The number of rotatable bonds is 7. The first-order valence-corrected chi connectivity index (χ1v) is 8.77. The van der Waals surface area contributed by atoms with E-state index in [0.29, 0.717) is 19.1 Å². The van der Waals surface area contributed by atoms with E-state index in [0.717, 1.165) is 32.1 Å². The molecule has 0 radical (unpaired) electrons. The Balaban J connectivity index is 1.85. The summed E-state index contributed by atoms with van der Waals surface area (Å²) in [6, 6.07) is 0.0736. The standard InChI is InChI=1S/C17H29NO5/c1-13-3-2-4-15(11-13)23-12-16(19)18(8-5-17(20)21)14-6-9-22-10-7-14/h13-15H,2-12H2,1H3,(H,20,21). The lowest BCUT2D eigenvalue weighted by Crippen LogP contribution is -2.46. The van der Waals surface area contributed by atoms with Crippen molar-refractivity contribution in [3.63, 3.8) is 0 Å². The zero-order valence-corrected chi connectivity index (χ0v) is 14.0. The molecule has 2 fully saturated rings. The summed E-state index contributed by atoms with van der Waals surface area (Å²) in [5.41, 5.74) is 0. The Labute approximate surface area is 138 Å². The van der Waals surface area contributed by atoms with Gasteiger partial charge in [0.15, 0.2) is 0 Å². The van der Waals surface area contributed by atoms with Crippen molar-refractivity contribution < 1.29 is 24.2 Å². The van der Waals surface area contributed by atoms with Gasteiger partial charge in [0, 0.05) is 25.8 Å². The summed E-state index contributed by atoms with van der Waals surface area (Å²) in [7, 11) is 0. The molecule has 2 unspecified atom stereocenters. The Hall–Kier alpha value is -1.14. The Morgan fingerprint density at radius 2 is 1.96 bits per heavy atom. The van der Waals surface area contributed by atoms with Crippen molar-refractivity contribution in [3.05, 3.63) is 0 Å². The maximum Gasteiger partial charge on any atom is 0.305 e. The largest absolute Gasteiger partial charge is 0.481 e. The number of nitrogens with zero attached hydrogens (tertiary/aromatic N) is 1. The highest BCUT2D eigenvalue weighted by molar-refractivity contribution is 5.78. The van der Waals surface area contributed by atoms with Crippen molar-refractivity contribution in [1.29, 1.82) is 0 Å². The molecule has 2 atom stereocenters. The smallest absolute Gasteiger partial charge is 0.305 e. The van der Waals surface area contributed by atoms with E-state index in [1.165, 1.54) is 6.42 Å². The Morgan fingerprint density at radius 1 is 1.22 bits per heavy atom. The van der Waals surface area contributed by atoms with E-state index in [-0.39, 0.29) is 37.6 Å². The van der Waals surface area contributed by atoms with Gasteiger partial charge in [-0.25, -0.2) is 0 Å². The number of carboxylic acids is 1. The van der Waals surface area contributed by atoms with Crippen molar-refractivity contribution in [2.45, 2.75) is 64.0 Å². The molecule has 0 bridgehead atoms. The molecule has 0 aromatic carbocycles. The molecule has 0 spiro atoms. The van der Waals surface area contributed by atoms with Gasteiger partial charge in [-0.1, -0.05) is 19.8 Å². The number of aliphatic carboxylic acids is 1. The fraction of sp³-hybridized carbons (Fsp3) is 0.882. The highest BCUT2D eigenvalue weighted by Crippen LogP contribution is 2.26. The van der Waals surface area contributed by atoms with Crippen LogP contribution in [0.2, 0.25) is 0 Å². The van der Waals surface area contributed by atoms with E-state index in [1.54, 1.807) is 4.90 Å². The van der Waals surface area contributed by atoms with E-state index in [2.05, 4.69) is 6.92 Å². The number of hydrogen-bond acceptors (Lipinski definition) is 4. The predicted molar refractivity (Wildman–Crippen MR) is 85.2 cm³/mol. The number of amides is 1. The fourth-order valence-corrected chi connectivity index (χ4v) is 3.53. The van der Waals surface area contributed by atoms with Gasteiger partial charge in [0.2, 0.25) is 5.91 Å². The van der Waals surface area contributed by atoms with Crippen molar-refractivity contribution in [2.24, 2.45) is 5.92 Å². The van der Waals surface area contributed by atoms with Crippen LogP contribution in [0, 0.1) is 5.92 Å². The number of carbonyl (C=O) groups excluding carboxylic acids is 1. The lowest BCUT2D eigenvalue weighted by molar-refractivity contribution is -0.145. The number of carbonyl (C=O) groups is 2. The van der Waals surface area contributed by atoms with Gasteiger partial charge in [-0.3, -0.25) is 9.59 Å². The van der Waals surface area contributed by atoms with Gasteiger partial charge in [0.25, 0.3) is 0 Å². The highest BCUT2D eigenvalue weighted by Gasteiger charge is 2.27. The van der Waals surface area contributed by atoms with E-state index >= 15 is 0 Å². The van der Waals surface area contributed by atoms with Crippen LogP contribution in [0.15, 0.2) is 0 Å². The van der Waals surface area contributed by atoms with Crippen LogP contribution in [0.5, 0.6) is 0 Å². The third kappa shape index (κ3) is 6.11. The first-order valence-electron chi connectivity index (χ1n) is 8.77. The van der Waals surface area contributed by atoms with Gasteiger partial charge < -0.3 is 19.5 Å². The molecule has 1 heterocycles. The Bertz CT molecular complexity index is 394. The maximum absolute atomic E-state index is 12.5. The molecule has 0 aromatic rings. The molecule has 6 heteroatoms. The van der Waals surface area contributed by atoms with Crippen LogP contribution < -0.4 is 0 Å². The molecule has 1 amide bonds. The summed E-state index contributed by atoms with van der Waals surface area (Å²) in [5, 5.41) is 8.91. The maximum atomic E-state index is 12.5. The first-order chi connectivity index (χ1) is 11.1. The van der Waals surface area contributed by atoms with Crippen LogP contribution in [0.1, 0.15) is 51.9 Å². The average Bonchev–Trinajstić information content (AvgIpc) is 2.54. The zero-order chi connectivity index (χ0) is 16.7. The second-order valence-corrected chi connectivity index (χ2v) is 6.78. The zero-order valence-electron chi connectivity index (χ0n) is 14.0. The quantitative estimate of drug-likeness (QED) is 0.774. The summed E-state index contributed by atoms with van der Waals surface area (Å²) in [4.78, 5) is 25.1. The molecule has 6 nitrogen and oxygen atoms in total. The molecule has 0 aromatic heterocycles. The lowest BCUT2D eigenvalue weighted by Gasteiger charge is -2.35. The molecule has 23 heavy (non-hydrogen) atoms. The third-order valence-corrected chi connectivity index (χ3v) is 4.85. The van der Waals surface area contributed by atoms with Crippen molar-refractivity contribution in [3.8, 4) is 0 Å². The van der Waals surface area contributed by atoms with E-state index < -0.39 is 5.97 Å². The monoisotopic (exact) mass is 327 g/mol. The van der Waals surface area contributed by atoms with Crippen LogP contribution in [-0.4, -0.2) is 60.4 Å². The van der Waals surface area contributed by atoms with E-state index in [9.17, 15) is 9.59 Å². The number of carboxylic acid groups (broad SMARTS) is 1. The topological polar surface area (TPSA) is 76.1 Å². The summed E-state index contributed by atoms with van der Waals surface area (Å²) in [6.07, 6.45) is 6.10. The summed E-state index contributed by atoms with van der Waals surface area (Å²) >= 11 is 0. The van der Waals surface area contributed by atoms with Gasteiger partial charge in [-0.05, 0) is 31.6 Å². The molecule has 2 rings (SSSR count). The van der Waals surface area contributed by atoms with Crippen LogP contribution in [0.3, 0.4) is 0 Å². The van der Waals surface area contributed by atoms with Crippen molar-refractivity contribution in [2.75, 3.05) is 26.4 Å². The van der Waals surface area contributed by atoms with Gasteiger partial charge in [-0.15, -0.1) is 0 Å². The van der Waals surface area contributed by atoms with E-state index in [4.69, 9.17) is 14.6 Å². The minimum atomic E-state index is -0.878. The first kappa shape index (κ1) is 18.2. The SMILES string of the molecule is CC1CCCC(OCC(=O)N(CCC(=O)O)C2CCOCC2)C1. The molecule has 1 aliphatic carbocycles. The van der Waals surface area contributed by atoms with Gasteiger partial charge in [0.05, 0.1) is 12.5 Å². The van der Waals surface area contributed by atoms with Gasteiger partial charge >= 0.3 is 5.97 Å². The second-order valence-electron chi connectivity index (χ2n) is 6.78. The highest BCUT2D eigenvalue weighted by atomic mass is 16.5.